The Morgan fingerprint density at radius 2 is 1.33 bits per heavy atom. The van der Waals surface area contributed by atoms with Gasteiger partial charge in [0, 0.05) is 25.2 Å². The summed E-state index contributed by atoms with van der Waals surface area (Å²) >= 11 is 0. The van der Waals surface area contributed by atoms with E-state index in [-0.39, 0.29) is 11.0 Å². The van der Waals surface area contributed by atoms with Gasteiger partial charge in [-0.2, -0.15) is 0 Å². The van der Waals surface area contributed by atoms with Crippen LogP contribution in [0.3, 0.4) is 0 Å². The number of ether oxygens (including phenoxy) is 3. The number of benzene rings is 3. The molecule has 0 aliphatic heterocycles. The second-order valence-corrected chi connectivity index (χ2v) is 21.3. The summed E-state index contributed by atoms with van der Waals surface area (Å²) in [6.45, 7) is 30.1. The van der Waals surface area contributed by atoms with Gasteiger partial charge in [0.05, 0.1) is 19.8 Å². The van der Waals surface area contributed by atoms with E-state index in [0.29, 0.717) is 45.0 Å². The van der Waals surface area contributed by atoms with Crippen LogP contribution in [0.1, 0.15) is 109 Å². The number of rotatable bonds is 24. The van der Waals surface area contributed by atoms with Crippen molar-refractivity contribution in [1.29, 1.82) is 0 Å². The fraction of sp³-hybridized carbons (Fsp3) is 0.521. The van der Waals surface area contributed by atoms with E-state index in [1.807, 2.05) is 6.92 Å². The lowest BCUT2D eigenvalue weighted by molar-refractivity contribution is -0.139. The molecule has 0 bridgehead atoms. The van der Waals surface area contributed by atoms with E-state index in [1.165, 1.54) is 58.2 Å². The lowest BCUT2D eigenvalue weighted by Crippen LogP contribution is -2.41. The van der Waals surface area contributed by atoms with Gasteiger partial charge in [-0.1, -0.05) is 109 Å². The third kappa shape index (κ3) is 14.3. The minimum absolute atomic E-state index is 0.165. The van der Waals surface area contributed by atoms with Crippen molar-refractivity contribution in [3.63, 3.8) is 0 Å². The second-order valence-electron chi connectivity index (χ2n) is 16.4. The minimum Gasteiger partial charge on any atom is -0.493 e. The first-order chi connectivity index (χ1) is 25.7. The smallest absolute Gasteiger partial charge is 0.333 e. The van der Waals surface area contributed by atoms with Gasteiger partial charge in [-0.25, -0.2) is 4.79 Å². The van der Waals surface area contributed by atoms with Crippen molar-refractivity contribution in [3.05, 3.63) is 101 Å². The summed E-state index contributed by atoms with van der Waals surface area (Å²) in [5.41, 5.74) is 11.4. The first-order valence-electron chi connectivity index (χ1n) is 20.4. The highest BCUT2D eigenvalue weighted by Crippen LogP contribution is 2.38. The Kier molecular flexibility index (Phi) is 18.5. The average Bonchev–Trinajstić information content (AvgIpc) is 3.13. The molecule has 0 saturated heterocycles. The van der Waals surface area contributed by atoms with Crippen LogP contribution < -0.4 is 4.74 Å². The Balaban J connectivity index is 1.97. The predicted octanol–water partition coefficient (Wildman–Crippen LogP) is 12.7. The number of esters is 1. The lowest BCUT2D eigenvalue weighted by Gasteiger charge is -2.36. The zero-order valence-corrected chi connectivity index (χ0v) is 36.3. The molecule has 3 rings (SSSR count). The highest BCUT2D eigenvalue weighted by atomic mass is 28.4. The summed E-state index contributed by atoms with van der Waals surface area (Å²) in [5.74, 6) is 0.585. The van der Waals surface area contributed by atoms with Gasteiger partial charge in [0.1, 0.15) is 5.75 Å². The highest BCUT2D eigenvalue weighted by Gasteiger charge is 2.36. The SMILES string of the molecule is C=C(C)COCCCc1cc(-c2ccc(-c3ccc(CCCCC)cc3)cc2CC)cc(CCCOC(=O)C(=C)C)c1OCCCO[Si](C)(C)C(C)(C)C. The number of carbonyl (C=O) groups is 1. The molecular weight excluding hydrogens is 685 g/mol. The number of aryl methyl sites for hydroxylation is 4. The number of hydrogen-bond donors (Lipinski definition) is 0. The normalized spacial score (nSPS) is 11.8. The van der Waals surface area contributed by atoms with Crippen LogP contribution in [-0.2, 0) is 44.4 Å². The van der Waals surface area contributed by atoms with Gasteiger partial charge in [0.25, 0.3) is 0 Å². The van der Waals surface area contributed by atoms with Crippen molar-refractivity contribution in [2.45, 2.75) is 131 Å². The van der Waals surface area contributed by atoms with Crippen LogP contribution in [0.25, 0.3) is 22.3 Å². The van der Waals surface area contributed by atoms with Crippen LogP contribution in [0, 0.1) is 0 Å². The summed E-state index contributed by atoms with van der Waals surface area (Å²) in [4.78, 5) is 12.2. The van der Waals surface area contributed by atoms with Crippen LogP contribution in [0.15, 0.2) is 78.9 Å². The molecule has 6 heteroatoms. The summed E-state index contributed by atoms with van der Waals surface area (Å²) in [5, 5.41) is 0.165. The maximum absolute atomic E-state index is 12.2. The molecule has 0 aliphatic rings. The van der Waals surface area contributed by atoms with Gasteiger partial charge in [-0.15, -0.1) is 0 Å². The summed E-state index contributed by atoms with van der Waals surface area (Å²) < 4.78 is 24.6. The van der Waals surface area contributed by atoms with Crippen molar-refractivity contribution in [1.82, 2.24) is 0 Å². The zero-order chi connectivity index (χ0) is 39.7. The van der Waals surface area contributed by atoms with E-state index < -0.39 is 8.32 Å². The topological polar surface area (TPSA) is 54.0 Å². The molecule has 54 heavy (non-hydrogen) atoms. The number of unbranched alkanes of at least 4 members (excludes halogenated alkanes) is 2. The fourth-order valence-corrected chi connectivity index (χ4v) is 7.28. The van der Waals surface area contributed by atoms with E-state index in [0.717, 1.165) is 55.4 Å². The number of hydrogen-bond acceptors (Lipinski definition) is 5. The molecule has 0 atom stereocenters. The van der Waals surface area contributed by atoms with Crippen LogP contribution in [-0.4, -0.2) is 47.3 Å². The van der Waals surface area contributed by atoms with E-state index in [9.17, 15) is 4.79 Å². The number of carbonyl (C=O) groups excluding carboxylic acids is 1. The summed E-state index contributed by atoms with van der Waals surface area (Å²) in [6.07, 6.45) is 9.71. The Morgan fingerprint density at radius 1 is 0.704 bits per heavy atom. The Bertz CT molecular complexity index is 1650. The van der Waals surface area contributed by atoms with Gasteiger partial charge >= 0.3 is 5.97 Å². The molecule has 0 unspecified atom stereocenters. The third-order valence-electron chi connectivity index (χ3n) is 10.5. The average molecular weight is 755 g/mol. The fourth-order valence-electron chi connectivity index (χ4n) is 6.20. The first kappa shape index (κ1) is 44.9. The maximum atomic E-state index is 12.2. The van der Waals surface area contributed by atoms with Crippen molar-refractivity contribution in [2.24, 2.45) is 0 Å². The molecule has 0 spiro atoms. The monoisotopic (exact) mass is 754 g/mol. The van der Waals surface area contributed by atoms with Crippen molar-refractivity contribution in [2.75, 3.05) is 33.0 Å². The molecule has 296 valence electrons. The van der Waals surface area contributed by atoms with Crippen molar-refractivity contribution >= 4 is 14.3 Å². The third-order valence-corrected chi connectivity index (χ3v) is 15.0. The minimum atomic E-state index is -1.84. The zero-order valence-electron chi connectivity index (χ0n) is 35.3. The van der Waals surface area contributed by atoms with Crippen molar-refractivity contribution < 1.29 is 23.4 Å². The van der Waals surface area contributed by atoms with Gasteiger partial charge in [-0.3, -0.25) is 0 Å². The second kappa shape index (κ2) is 22.2. The lowest BCUT2D eigenvalue weighted by atomic mass is 9.89. The molecule has 5 nitrogen and oxygen atoms in total. The largest absolute Gasteiger partial charge is 0.493 e. The standard InChI is InChI=1S/C48H70O5Si/c1-12-14-15-19-38-22-24-40(25-23-38)41-26-27-45(39(13-2)32-41)44-33-42(20-16-28-50-35-36(3)4)46(43(34-44)21-17-29-52-47(49)37(5)6)51-30-18-31-53-54(10,11)48(7,8)9/h22-27,32-34H,3,5,12-21,28-31,35H2,1-2,4,6-11H3. The van der Waals surface area contributed by atoms with Gasteiger partial charge in [0.2, 0.25) is 0 Å². The Morgan fingerprint density at radius 3 is 1.93 bits per heavy atom. The molecule has 0 aromatic heterocycles. The quantitative estimate of drug-likeness (QED) is 0.0300. The van der Waals surface area contributed by atoms with Gasteiger partial charge in [-0.05, 0) is 134 Å². The van der Waals surface area contributed by atoms with E-state index in [4.69, 9.17) is 18.6 Å². The molecule has 0 fully saturated rings. The molecular formula is C48H70O5Si. The maximum Gasteiger partial charge on any atom is 0.333 e. The van der Waals surface area contributed by atoms with Crippen molar-refractivity contribution in [3.8, 4) is 28.0 Å². The van der Waals surface area contributed by atoms with E-state index >= 15 is 0 Å². The molecule has 0 amide bonds. The summed E-state index contributed by atoms with van der Waals surface area (Å²) in [6, 6.07) is 20.6. The van der Waals surface area contributed by atoms with E-state index in [2.05, 4.69) is 115 Å². The molecule has 3 aromatic rings. The molecule has 0 aliphatic carbocycles. The molecule has 3 aromatic carbocycles. The Hall–Kier alpha value is -3.45. The van der Waals surface area contributed by atoms with Gasteiger partial charge < -0.3 is 18.6 Å². The van der Waals surface area contributed by atoms with Crippen LogP contribution in [0.2, 0.25) is 18.1 Å². The molecule has 0 heterocycles. The Labute approximate surface area is 329 Å². The van der Waals surface area contributed by atoms with Crippen LogP contribution in [0.4, 0.5) is 0 Å². The van der Waals surface area contributed by atoms with E-state index in [1.54, 1.807) is 6.92 Å². The van der Waals surface area contributed by atoms with Crippen LogP contribution in [0.5, 0.6) is 5.75 Å². The first-order valence-corrected chi connectivity index (χ1v) is 23.3. The molecule has 0 saturated carbocycles. The molecule has 0 N–H and O–H groups in total. The summed E-state index contributed by atoms with van der Waals surface area (Å²) in [7, 11) is -1.84. The molecule has 0 radical (unpaired) electrons. The van der Waals surface area contributed by atoms with Crippen LogP contribution >= 0.6 is 0 Å². The highest BCUT2D eigenvalue weighted by molar-refractivity contribution is 6.74. The predicted molar refractivity (Wildman–Crippen MR) is 231 cm³/mol. The van der Waals surface area contributed by atoms with Gasteiger partial charge in [0.15, 0.2) is 8.32 Å².